The maximum atomic E-state index is 11.9. The van der Waals surface area contributed by atoms with Gasteiger partial charge in [-0.2, -0.15) is 0 Å². The smallest absolute Gasteiger partial charge is 0.250 e. The Morgan fingerprint density at radius 1 is 1.31 bits per heavy atom. The lowest BCUT2D eigenvalue weighted by Gasteiger charge is -2.14. The maximum Gasteiger partial charge on any atom is 0.250 e. The number of nitrogens with zero attached hydrogens (tertiary/aromatic N) is 1. The van der Waals surface area contributed by atoms with Crippen LogP contribution in [0.2, 0.25) is 0 Å². The third-order valence-corrected chi connectivity index (χ3v) is 2.70. The number of rotatable bonds is 2. The number of hydrogen-bond donors (Lipinski definition) is 0. The summed E-state index contributed by atoms with van der Waals surface area (Å²) in [7, 11) is 0. The second-order valence-corrected chi connectivity index (χ2v) is 3.75. The van der Waals surface area contributed by atoms with Crippen molar-refractivity contribution in [2.24, 2.45) is 0 Å². The van der Waals surface area contributed by atoms with Gasteiger partial charge >= 0.3 is 0 Å². The van der Waals surface area contributed by atoms with Crippen LogP contribution in [0.1, 0.15) is 12.5 Å². The van der Waals surface area contributed by atoms with Gasteiger partial charge in [-0.15, -0.1) is 0 Å². The van der Waals surface area contributed by atoms with E-state index in [4.69, 9.17) is 0 Å². The van der Waals surface area contributed by atoms with Gasteiger partial charge in [-0.3, -0.25) is 4.79 Å². The van der Waals surface area contributed by atoms with Crippen molar-refractivity contribution in [2.75, 3.05) is 11.4 Å². The van der Waals surface area contributed by atoms with E-state index in [-0.39, 0.29) is 5.91 Å². The first-order chi connectivity index (χ1) is 7.83. The third kappa shape index (κ3) is 2.06. The minimum Gasteiger partial charge on any atom is -0.308 e. The fourth-order valence-corrected chi connectivity index (χ4v) is 1.91. The van der Waals surface area contributed by atoms with Crippen LogP contribution in [0.3, 0.4) is 0 Å². The number of amides is 1. The van der Waals surface area contributed by atoms with Crippen LogP contribution in [-0.2, 0) is 11.2 Å². The molecule has 1 aromatic rings. The van der Waals surface area contributed by atoms with E-state index in [9.17, 15) is 4.79 Å². The van der Waals surface area contributed by atoms with Gasteiger partial charge in [0, 0.05) is 18.3 Å². The molecule has 0 fully saturated rings. The van der Waals surface area contributed by atoms with Crippen molar-refractivity contribution in [1.82, 2.24) is 0 Å². The van der Waals surface area contributed by atoms with Crippen LogP contribution in [0.15, 0.2) is 48.6 Å². The highest BCUT2D eigenvalue weighted by Gasteiger charge is 2.21. The topological polar surface area (TPSA) is 20.3 Å². The second kappa shape index (κ2) is 4.79. The highest BCUT2D eigenvalue weighted by molar-refractivity contribution is 6.03. The number of allylic oxidation sites excluding steroid dienone is 3. The molecule has 0 aliphatic carbocycles. The Kier molecular flexibility index (Phi) is 3.20. The van der Waals surface area contributed by atoms with Gasteiger partial charge in [0.2, 0.25) is 0 Å². The summed E-state index contributed by atoms with van der Waals surface area (Å²) in [4.78, 5) is 13.7. The Morgan fingerprint density at radius 3 is 2.94 bits per heavy atom. The molecular weight excluding hydrogens is 198 g/mol. The average molecular weight is 213 g/mol. The molecule has 82 valence electrons. The van der Waals surface area contributed by atoms with Gasteiger partial charge in [-0.05, 0) is 25.0 Å². The Morgan fingerprint density at radius 2 is 2.12 bits per heavy atom. The number of carbonyl (C=O) groups excluding carboxylic acids is 1. The molecule has 16 heavy (non-hydrogen) atoms. The lowest BCUT2D eigenvalue weighted by atomic mass is 10.2. The molecule has 0 spiro atoms. The molecule has 2 rings (SSSR count). The quantitative estimate of drug-likeness (QED) is 0.546. The molecule has 0 saturated heterocycles. The standard InChI is InChI=1S/C14H15NO/c1-2-3-4-9-14(16)15-11-10-12-7-5-6-8-13(12)15/h2-9H,10-11H2,1H3. The van der Waals surface area contributed by atoms with Crippen LogP contribution in [0.25, 0.3) is 0 Å². The number of fused-ring (bicyclic) bond motifs is 1. The molecular formula is C14H15NO. The minimum absolute atomic E-state index is 0.0584. The van der Waals surface area contributed by atoms with Crippen molar-refractivity contribution >= 4 is 11.6 Å². The van der Waals surface area contributed by atoms with Gasteiger partial charge in [0.1, 0.15) is 0 Å². The normalized spacial score (nSPS) is 14.9. The molecule has 0 saturated carbocycles. The first-order valence-corrected chi connectivity index (χ1v) is 5.51. The zero-order valence-corrected chi connectivity index (χ0v) is 9.39. The summed E-state index contributed by atoms with van der Waals surface area (Å²) in [5.41, 5.74) is 2.31. The van der Waals surface area contributed by atoms with E-state index in [0.717, 1.165) is 18.7 Å². The van der Waals surface area contributed by atoms with Crippen molar-refractivity contribution < 1.29 is 4.79 Å². The van der Waals surface area contributed by atoms with E-state index < -0.39 is 0 Å². The van der Waals surface area contributed by atoms with Crippen molar-refractivity contribution in [1.29, 1.82) is 0 Å². The van der Waals surface area contributed by atoms with Gasteiger partial charge in [-0.1, -0.05) is 36.4 Å². The predicted molar refractivity (Wildman–Crippen MR) is 66.5 cm³/mol. The van der Waals surface area contributed by atoms with E-state index in [2.05, 4.69) is 6.07 Å². The summed E-state index contributed by atoms with van der Waals surface area (Å²) in [5, 5.41) is 0. The van der Waals surface area contributed by atoms with Crippen molar-refractivity contribution in [3.8, 4) is 0 Å². The average Bonchev–Trinajstić information content (AvgIpc) is 2.73. The largest absolute Gasteiger partial charge is 0.308 e. The molecule has 0 aromatic heterocycles. The van der Waals surface area contributed by atoms with Gasteiger partial charge in [-0.25, -0.2) is 0 Å². The van der Waals surface area contributed by atoms with Crippen LogP contribution in [0.4, 0.5) is 5.69 Å². The molecule has 1 amide bonds. The Labute approximate surface area is 95.9 Å². The van der Waals surface area contributed by atoms with Crippen LogP contribution < -0.4 is 4.90 Å². The summed E-state index contributed by atoms with van der Waals surface area (Å²) in [6.07, 6.45) is 8.12. The number of benzene rings is 1. The zero-order valence-electron chi connectivity index (χ0n) is 9.39. The van der Waals surface area contributed by atoms with E-state index in [1.807, 2.05) is 42.2 Å². The molecule has 1 aliphatic heterocycles. The Balaban J connectivity index is 2.16. The van der Waals surface area contributed by atoms with Crippen LogP contribution in [0.5, 0.6) is 0 Å². The van der Waals surface area contributed by atoms with Crippen LogP contribution in [-0.4, -0.2) is 12.5 Å². The monoisotopic (exact) mass is 213 g/mol. The number of para-hydroxylation sites is 1. The number of anilines is 1. The predicted octanol–water partition coefficient (Wildman–Crippen LogP) is 2.71. The van der Waals surface area contributed by atoms with Crippen LogP contribution >= 0.6 is 0 Å². The molecule has 0 atom stereocenters. The lowest BCUT2D eigenvalue weighted by molar-refractivity contribution is -0.114. The molecule has 0 N–H and O–H groups in total. The molecule has 1 heterocycles. The Bertz CT molecular complexity index is 446. The second-order valence-electron chi connectivity index (χ2n) is 3.75. The van der Waals surface area contributed by atoms with Gasteiger partial charge < -0.3 is 4.90 Å². The van der Waals surface area contributed by atoms with E-state index in [0.29, 0.717) is 0 Å². The first kappa shape index (κ1) is 10.7. The fourth-order valence-electron chi connectivity index (χ4n) is 1.91. The van der Waals surface area contributed by atoms with E-state index >= 15 is 0 Å². The summed E-state index contributed by atoms with van der Waals surface area (Å²) < 4.78 is 0. The molecule has 0 bridgehead atoms. The third-order valence-electron chi connectivity index (χ3n) is 2.70. The summed E-state index contributed by atoms with van der Waals surface area (Å²) in [5.74, 6) is 0.0584. The number of carbonyl (C=O) groups is 1. The lowest BCUT2D eigenvalue weighted by Crippen LogP contribution is -2.26. The summed E-state index contributed by atoms with van der Waals surface area (Å²) in [6.45, 7) is 2.72. The van der Waals surface area contributed by atoms with Gasteiger partial charge in [0.25, 0.3) is 5.91 Å². The minimum atomic E-state index is 0.0584. The van der Waals surface area contributed by atoms with Crippen molar-refractivity contribution in [3.05, 3.63) is 54.1 Å². The van der Waals surface area contributed by atoms with Gasteiger partial charge in [0.05, 0.1) is 0 Å². The SMILES string of the molecule is CC=CC=CC(=O)N1CCc2ccccc21. The zero-order chi connectivity index (χ0) is 11.4. The van der Waals surface area contributed by atoms with Gasteiger partial charge in [0.15, 0.2) is 0 Å². The van der Waals surface area contributed by atoms with E-state index in [1.165, 1.54) is 5.56 Å². The fraction of sp³-hybridized carbons (Fsp3) is 0.214. The molecule has 1 aliphatic rings. The number of hydrogen-bond acceptors (Lipinski definition) is 1. The highest BCUT2D eigenvalue weighted by Crippen LogP contribution is 2.27. The first-order valence-electron chi connectivity index (χ1n) is 5.51. The van der Waals surface area contributed by atoms with Crippen molar-refractivity contribution in [3.63, 3.8) is 0 Å². The molecule has 1 aromatic carbocycles. The van der Waals surface area contributed by atoms with Crippen molar-refractivity contribution in [2.45, 2.75) is 13.3 Å². The maximum absolute atomic E-state index is 11.9. The summed E-state index contributed by atoms with van der Waals surface area (Å²) in [6, 6.07) is 8.07. The molecule has 0 radical (unpaired) electrons. The molecule has 2 heteroatoms. The van der Waals surface area contributed by atoms with Crippen LogP contribution in [0, 0.1) is 0 Å². The van der Waals surface area contributed by atoms with E-state index in [1.54, 1.807) is 12.2 Å². The highest BCUT2D eigenvalue weighted by atomic mass is 16.2. The Hall–Kier alpha value is -1.83. The molecule has 0 unspecified atom stereocenters. The molecule has 2 nitrogen and oxygen atoms in total. The summed E-state index contributed by atoms with van der Waals surface area (Å²) >= 11 is 0.